The van der Waals surface area contributed by atoms with E-state index in [0.29, 0.717) is 11.6 Å². The first-order valence-corrected chi connectivity index (χ1v) is 7.45. The van der Waals surface area contributed by atoms with Crippen molar-refractivity contribution >= 4 is 11.5 Å². The summed E-state index contributed by atoms with van der Waals surface area (Å²) >= 11 is 0. The monoisotopic (exact) mass is 292 g/mol. The van der Waals surface area contributed by atoms with E-state index in [9.17, 15) is 4.39 Å². The molecule has 0 spiro atoms. The Kier molecular flexibility index (Phi) is 3.96. The van der Waals surface area contributed by atoms with Crippen molar-refractivity contribution in [2.75, 3.05) is 31.1 Å². The molecule has 0 aliphatic carbocycles. The quantitative estimate of drug-likeness (QED) is 0.376. The number of fused-ring (bicyclic) bond motifs is 1. The van der Waals surface area contributed by atoms with Crippen LogP contribution >= 0.6 is 0 Å². The van der Waals surface area contributed by atoms with Gasteiger partial charge in [-0.25, -0.2) is 4.39 Å². The van der Waals surface area contributed by atoms with E-state index in [1.54, 1.807) is 6.07 Å². The van der Waals surface area contributed by atoms with Gasteiger partial charge < -0.3 is 15.8 Å². The van der Waals surface area contributed by atoms with E-state index < -0.39 is 0 Å². The number of anilines is 1. The van der Waals surface area contributed by atoms with Crippen molar-refractivity contribution in [3.8, 4) is 0 Å². The topological polar surface area (TPSA) is 65.1 Å². The first kappa shape index (κ1) is 14.1. The van der Waals surface area contributed by atoms with E-state index in [1.165, 1.54) is 31.5 Å². The van der Waals surface area contributed by atoms with Crippen molar-refractivity contribution in [1.82, 2.24) is 4.90 Å². The number of hydrogen-bond donors (Lipinski definition) is 2. The van der Waals surface area contributed by atoms with Crippen molar-refractivity contribution in [2.24, 2.45) is 10.9 Å². The second-order valence-corrected chi connectivity index (χ2v) is 5.78. The lowest BCUT2D eigenvalue weighted by Crippen LogP contribution is -2.37. The molecule has 3 rings (SSSR count). The van der Waals surface area contributed by atoms with Crippen LogP contribution in [0.15, 0.2) is 23.4 Å². The Bertz CT molecular complexity index is 548. The Morgan fingerprint density at radius 2 is 2.10 bits per heavy atom. The van der Waals surface area contributed by atoms with Gasteiger partial charge in [-0.1, -0.05) is 5.16 Å². The number of hydrogen-bond acceptors (Lipinski definition) is 4. The molecule has 1 unspecified atom stereocenters. The van der Waals surface area contributed by atoms with Gasteiger partial charge in [-0.05, 0) is 44.0 Å². The van der Waals surface area contributed by atoms with Crippen molar-refractivity contribution in [3.63, 3.8) is 0 Å². The summed E-state index contributed by atoms with van der Waals surface area (Å²) in [5.41, 5.74) is 7.02. The maximum absolute atomic E-state index is 13.5. The summed E-state index contributed by atoms with van der Waals surface area (Å²) in [5, 5.41) is 12.0. The Balaban J connectivity index is 1.92. The highest BCUT2D eigenvalue weighted by molar-refractivity contribution is 6.02. The molecule has 0 amide bonds. The number of nitrogens with zero attached hydrogens (tertiary/aromatic N) is 3. The maximum atomic E-state index is 13.5. The van der Waals surface area contributed by atoms with Gasteiger partial charge in [0.1, 0.15) is 5.82 Å². The molecule has 2 heterocycles. The van der Waals surface area contributed by atoms with Crippen molar-refractivity contribution < 1.29 is 9.60 Å². The lowest BCUT2D eigenvalue weighted by atomic mass is 10.1. The van der Waals surface area contributed by atoms with E-state index in [2.05, 4.69) is 15.0 Å². The zero-order valence-electron chi connectivity index (χ0n) is 12.0. The zero-order valence-corrected chi connectivity index (χ0v) is 12.0. The van der Waals surface area contributed by atoms with Crippen molar-refractivity contribution in [1.29, 1.82) is 0 Å². The molecule has 5 nitrogen and oxygen atoms in total. The summed E-state index contributed by atoms with van der Waals surface area (Å²) in [6, 6.07) is 5.05. The van der Waals surface area contributed by atoms with E-state index in [0.717, 1.165) is 31.7 Å². The Morgan fingerprint density at radius 1 is 1.29 bits per heavy atom. The summed E-state index contributed by atoms with van der Waals surface area (Å²) in [5.74, 6) is -0.422. The van der Waals surface area contributed by atoms with Crippen LogP contribution in [0.3, 0.4) is 0 Å². The molecular formula is C15H21FN4O. The van der Waals surface area contributed by atoms with Crippen molar-refractivity contribution in [2.45, 2.75) is 25.3 Å². The fourth-order valence-electron chi connectivity index (χ4n) is 3.47. The first-order valence-electron chi connectivity index (χ1n) is 7.45. The standard InChI is InChI=1S/C15H21FN4O/c16-11-4-5-14(13(9-11)15(17)18-21)20-8-2-7-19-6-1-3-12(19)10-20/h4-5,9,12,21H,1-3,6-8,10H2,(H2,17,18). The molecule has 1 aromatic rings. The Hall–Kier alpha value is -1.82. The molecule has 21 heavy (non-hydrogen) atoms. The average molecular weight is 292 g/mol. The van der Waals surface area contributed by atoms with Gasteiger partial charge in [-0.15, -0.1) is 0 Å². The summed E-state index contributed by atoms with van der Waals surface area (Å²) in [4.78, 5) is 4.77. The van der Waals surface area contributed by atoms with E-state index in [4.69, 9.17) is 10.9 Å². The van der Waals surface area contributed by atoms with Gasteiger partial charge in [0, 0.05) is 36.9 Å². The van der Waals surface area contributed by atoms with Crippen LogP contribution in [0, 0.1) is 5.82 Å². The van der Waals surface area contributed by atoms with Gasteiger partial charge >= 0.3 is 0 Å². The van der Waals surface area contributed by atoms with Crippen LogP contribution in [0.1, 0.15) is 24.8 Å². The molecule has 2 saturated heterocycles. The number of oxime groups is 1. The highest BCUT2D eigenvalue weighted by Gasteiger charge is 2.29. The molecule has 0 aromatic heterocycles. The second-order valence-electron chi connectivity index (χ2n) is 5.78. The van der Waals surface area contributed by atoms with Crippen LogP contribution in [0.5, 0.6) is 0 Å². The number of rotatable bonds is 2. The third kappa shape index (κ3) is 2.81. The molecule has 3 N–H and O–H groups in total. The van der Waals surface area contributed by atoms with E-state index in [1.807, 2.05) is 0 Å². The van der Waals surface area contributed by atoms with Crippen LogP contribution in [-0.4, -0.2) is 48.2 Å². The molecule has 114 valence electrons. The van der Waals surface area contributed by atoms with Crippen LogP contribution in [0.25, 0.3) is 0 Å². The molecule has 6 heteroatoms. The fourth-order valence-corrected chi connectivity index (χ4v) is 3.47. The number of amidine groups is 1. The van der Waals surface area contributed by atoms with E-state index >= 15 is 0 Å². The van der Waals surface area contributed by atoms with Gasteiger partial charge in [0.25, 0.3) is 0 Å². The predicted molar refractivity (Wildman–Crippen MR) is 80.3 cm³/mol. The minimum Gasteiger partial charge on any atom is -0.409 e. The summed E-state index contributed by atoms with van der Waals surface area (Å²) in [6.45, 7) is 4.11. The lowest BCUT2D eigenvalue weighted by molar-refractivity contribution is 0.273. The molecule has 2 aliphatic heterocycles. The minimum atomic E-state index is -0.377. The predicted octanol–water partition coefficient (Wildman–Crippen LogP) is 1.59. The third-order valence-electron chi connectivity index (χ3n) is 4.49. The minimum absolute atomic E-state index is 0.0444. The van der Waals surface area contributed by atoms with E-state index in [-0.39, 0.29) is 11.7 Å². The molecule has 0 radical (unpaired) electrons. The molecule has 2 fully saturated rings. The van der Waals surface area contributed by atoms with Gasteiger partial charge in [0.2, 0.25) is 0 Å². The smallest absolute Gasteiger partial charge is 0.172 e. The van der Waals surface area contributed by atoms with Gasteiger partial charge in [-0.2, -0.15) is 0 Å². The molecule has 1 atom stereocenters. The number of halogens is 1. The van der Waals surface area contributed by atoms with Gasteiger partial charge in [-0.3, -0.25) is 4.90 Å². The fraction of sp³-hybridized carbons (Fsp3) is 0.533. The third-order valence-corrected chi connectivity index (χ3v) is 4.49. The average Bonchev–Trinajstić information content (AvgIpc) is 2.83. The molecule has 2 aliphatic rings. The highest BCUT2D eigenvalue weighted by Crippen LogP contribution is 2.27. The molecule has 0 bridgehead atoms. The van der Waals surface area contributed by atoms with Gasteiger partial charge in [0.15, 0.2) is 5.84 Å². The van der Waals surface area contributed by atoms with Crippen LogP contribution in [0.2, 0.25) is 0 Å². The largest absolute Gasteiger partial charge is 0.409 e. The normalized spacial score (nSPS) is 24.0. The number of benzene rings is 1. The molecular weight excluding hydrogens is 271 g/mol. The summed E-state index contributed by atoms with van der Waals surface area (Å²) < 4.78 is 13.5. The second kappa shape index (κ2) is 5.89. The van der Waals surface area contributed by atoms with Crippen LogP contribution < -0.4 is 10.6 Å². The summed E-state index contributed by atoms with van der Waals surface area (Å²) in [7, 11) is 0. The van der Waals surface area contributed by atoms with Gasteiger partial charge in [0.05, 0.1) is 0 Å². The summed E-state index contributed by atoms with van der Waals surface area (Å²) in [6.07, 6.45) is 3.52. The van der Waals surface area contributed by atoms with Crippen LogP contribution in [0.4, 0.5) is 10.1 Å². The van der Waals surface area contributed by atoms with Crippen LogP contribution in [-0.2, 0) is 0 Å². The SMILES string of the molecule is NC(=NO)c1cc(F)ccc1N1CCCN2CCCC2C1. The van der Waals surface area contributed by atoms with Crippen molar-refractivity contribution in [3.05, 3.63) is 29.6 Å². The number of nitrogens with two attached hydrogens (primary N) is 1. The Labute approximate surface area is 123 Å². The first-order chi connectivity index (χ1) is 10.2. The lowest BCUT2D eigenvalue weighted by Gasteiger charge is -2.28. The Morgan fingerprint density at radius 3 is 2.90 bits per heavy atom. The maximum Gasteiger partial charge on any atom is 0.172 e. The molecule has 0 saturated carbocycles. The highest BCUT2D eigenvalue weighted by atomic mass is 19.1. The zero-order chi connectivity index (χ0) is 14.8. The molecule has 1 aromatic carbocycles.